The fraction of sp³-hybridized carbons (Fsp3) is 0.588. The first kappa shape index (κ1) is 13.5. The lowest BCUT2D eigenvalue weighted by molar-refractivity contribution is -0.143. The summed E-state index contributed by atoms with van der Waals surface area (Å²) in [5.41, 5.74) is 2.47. The molecule has 0 aliphatic heterocycles. The van der Waals surface area contributed by atoms with Crippen molar-refractivity contribution in [3.63, 3.8) is 0 Å². The molecule has 1 saturated carbocycles. The van der Waals surface area contributed by atoms with Gasteiger partial charge in [0, 0.05) is 5.92 Å². The maximum Gasteiger partial charge on any atom is 0.307 e. The minimum Gasteiger partial charge on any atom is -0.496 e. The van der Waals surface area contributed by atoms with Gasteiger partial charge in [-0.2, -0.15) is 0 Å². The summed E-state index contributed by atoms with van der Waals surface area (Å²) in [4.78, 5) is 11.7. The van der Waals surface area contributed by atoms with Gasteiger partial charge in [-0.15, -0.1) is 0 Å². The largest absolute Gasteiger partial charge is 0.496 e. The average molecular weight is 274 g/mol. The number of benzene rings is 1. The third-order valence-electron chi connectivity index (χ3n) is 5.11. The molecule has 0 spiro atoms. The Bertz CT molecular complexity index is 503. The van der Waals surface area contributed by atoms with Crippen LogP contribution in [-0.2, 0) is 11.2 Å². The molecule has 0 aromatic heterocycles. The van der Waals surface area contributed by atoms with Gasteiger partial charge in [-0.1, -0.05) is 25.0 Å². The summed E-state index contributed by atoms with van der Waals surface area (Å²) in [5.74, 6) is 0.776. The molecule has 0 amide bonds. The summed E-state index contributed by atoms with van der Waals surface area (Å²) in [5, 5.41) is 9.59. The molecule has 1 fully saturated rings. The highest BCUT2D eigenvalue weighted by atomic mass is 16.5. The molecule has 2 aliphatic carbocycles. The quantitative estimate of drug-likeness (QED) is 0.915. The third kappa shape index (κ3) is 2.19. The molecule has 1 aromatic carbocycles. The molecule has 3 heteroatoms. The highest BCUT2D eigenvalue weighted by Gasteiger charge is 2.40. The van der Waals surface area contributed by atoms with Crippen LogP contribution in [0.1, 0.15) is 49.1 Å². The van der Waals surface area contributed by atoms with Crippen LogP contribution in [0.25, 0.3) is 0 Å². The van der Waals surface area contributed by atoms with Crippen molar-refractivity contribution in [2.75, 3.05) is 7.11 Å². The Morgan fingerprint density at radius 3 is 2.65 bits per heavy atom. The predicted octanol–water partition coefficient (Wildman–Crippen LogP) is 3.62. The van der Waals surface area contributed by atoms with Crippen LogP contribution in [-0.4, -0.2) is 18.2 Å². The number of carbonyl (C=O) groups is 1. The van der Waals surface area contributed by atoms with Gasteiger partial charge in [0.05, 0.1) is 13.0 Å². The maximum absolute atomic E-state index is 11.7. The van der Waals surface area contributed by atoms with Crippen LogP contribution in [0, 0.1) is 11.8 Å². The lowest BCUT2D eigenvalue weighted by Crippen LogP contribution is -2.31. The van der Waals surface area contributed by atoms with Crippen LogP contribution >= 0.6 is 0 Å². The molecule has 2 unspecified atom stereocenters. The van der Waals surface area contributed by atoms with E-state index in [4.69, 9.17) is 4.74 Å². The van der Waals surface area contributed by atoms with E-state index in [2.05, 4.69) is 6.07 Å². The van der Waals surface area contributed by atoms with Gasteiger partial charge in [-0.05, 0) is 48.8 Å². The highest BCUT2D eigenvalue weighted by molar-refractivity contribution is 5.72. The number of carboxylic acids is 1. The zero-order valence-electron chi connectivity index (χ0n) is 12.0. The molecule has 1 aromatic rings. The number of ether oxygens (including phenoxy) is 1. The van der Waals surface area contributed by atoms with Crippen LogP contribution in [0.2, 0.25) is 0 Å². The van der Waals surface area contributed by atoms with Gasteiger partial charge in [-0.3, -0.25) is 4.79 Å². The molecule has 2 atom stereocenters. The lowest BCUT2D eigenvalue weighted by Gasteiger charge is -2.35. The Morgan fingerprint density at radius 2 is 2.00 bits per heavy atom. The molecule has 108 valence electrons. The van der Waals surface area contributed by atoms with Gasteiger partial charge < -0.3 is 9.84 Å². The summed E-state index contributed by atoms with van der Waals surface area (Å²) >= 11 is 0. The smallest absolute Gasteiger partial charge is 0.307 e. The summed E-state index contributed by atoms with van der Waals surface area (Å²) < 4.78 is 5.47. The average Bonchev–Trinajstić information content (AvgIpc) is 2.98. The zero-order chi connectivity index (χ0) is 14.1. The molecule has 2 aliphatic rings. The van der Waals surface area contributed by atoms with E-state index in [1.165, 1.54) is 36.8 Å². The number of hydrogen-bond acceptors (Lipinski definition) is 2. The molecule has 20 heavy (non-hydrogen) atoms. The second-order valence-electron chi connectivity index (χ2n) is 6.08. The molecule has 0 radical (unpaired) electrons. The fourth-order valence-corrected chi connectivity index (χ4v) is 4.23. The van der Waals surface area contributed by atoms with Crippen molar-refractivity contribution in [1.82, 2.24) is 0 Å². The van der Waals surface area contributed by atoms with Crippen molar-refractivity contribution < 1.29 is 14.6 Å². The first-order valence-electron chi connectivity index (χ1n) is 7.61. The van der Waals surface area contributed by atoms with Crippen LogP contribution in [0.3, 0.4) is 0 Å². The van der Waals surface area contributed by atoms with E-state index in [0.717, 1.165) is 18.6 Å². The van der Waals surface area contributed by atoms with Crippen LogP contribution in [0.5, 0.6) is 5.75 Å². The van der Waals surface area contributed by atoms with Crippen molar-refractivity contribution >= 4 is 5.97 Å². The molecule has 3 rings (SSSR count). The van der Waals surface area contributed by atoms with Gasteiger partial charge in [0.25, 0.3) is 0 Å². The van der Waals surface area contributed by atoms with E-state index in [0.29, 0.717) is 5.92 Å². The zero-order valence-corrected chi connectivity index (χ0v) is 12.0. The Hall–Kier alpha value is -1.51. The topological polar surface area (TPSA) is 46.5 Å². The first-order chi connectivity index (χ1) is 9.72. The Kier molecular flexibility index (Phi) is 3.68. The minimum absolute atomic E-state index is 0.175. The second kappa shape index (κ2) is 5.47. The summed E-state index contributed by atoms with van der Waals surface area (Å²) in [6.07, 6.45) is 6.39. The number of fused-ring (bicyclic) bond motifs is 1. The SMILES string of the molecule is COc1cccc2c1CCC(C(=O)O)C2C1CCCC1. The monoisotopic (exact) mass is 274 g/mol. The normalized spacial score (nSPS) is 26.2. The molecule has 0 bridgehead atoms. The Balaban J connectivity index is 2.04. The number of rotatable bonds is 3. The van der Waals surface area contributed by atoms with Crippen LogP contribution < -0.4 is 4.74 Å². The third-order valence-corrected chi connectivity index (χ3v) is 5.11. The maximum atomic E-state index is 11.7. The van der Waals surface area contributed by atoms with Gasteiger partial charge >= 0.3 is 5.97 Å². The molecular weight excluding hydrogens is 252 g/mol. The number of carboxylic acid groups (broad SMARTS) is 1. The van der Waals surface area contributed by atoms with Crippen molar-refractivity contribution in [2.45, 2.75) is 44.4 Å². The highest BCUT2D eigenvalue weighted by Crippen LogP contribution is 2.48. The molecular formula is C17H22O3. The van der Waals surface area contributed by atoms with E-state index < -0.39 is 5.97 Å². The van der Waals surface area contributed by atoms with Crippen molar-refractivity contribution in [3.05, 3.63) is 29.3 Å². The van der Waals surface area contributed by atoms with E-state index in [1.807, 2.05) is 12.1 Å². The van der Waals surface area contributed by atoms with E-state index in [1.54, 1.807) is 7.11 Å². The Morgan fingerprint density at radius 1 is 1.25 bits per heavy atom. The van der Waals surface area contributed by atoms with Gasteiger partial charge in [-0.25, -0.2) is 0 Å². The minimum atomic E-state index is -0.629. The van der Waals surface area contributed by atoms with E-state index in [-0.39, 0.29) is 11.8 Å². The number of methoxy groups -OCH3 is 1. The standard InChI is InChI=1S/C17H22O3/c1-20-15-8-4-7-13-12(15)9-10-14(17(18)19)16(13)11-5-2-3-6-11/h4,7-8,11,14,16H,2-3,5-6,9-10H2,1H3,(H,18,19). The Labute approximate surface area is 120 Å². The lowest BCUT2D eigenvalue weighted by atomic mass is 9.68. The molecule has 3 nitrogen and oxygen atoms in total. The second-order valence-corrected chi connectivity index (χ2v) is 6.08. The number of hydrogen-bond donors (Lipinski definition) is 1. The van der Waals surface area contributed by atoms with Gasteiger partial charge in [0.1, 0.15) is 5.75 Å². The van der Waals surface area contributed by atoms with E-state index >= 15 is 0 Å². The molecule has 1 N–H and O–H groups in total. The van der Waals surface area contributed by atoms with Crippen LogP contribution in [0.4, 0.5) is 0 Å². The van der Waals surface area contributed by atoms with Gasteiger partial charge in [0.2, 0.25) is 0 Å². The van der Waals surface area contributed by atoms with Crippen molar-refractivity contribution in [1.29, 1.82) is 0 Å². The van der Waals surface area contributed by atoms with Gasteiger partial charge in [0.15, 0.2) is 0 Å². The van der Waals surface area contributed by atoms with E-state index in [9.17, 15) is 9.90 Å². The fourth-order valence-electron chi connectivity index (χ4n) is 4.23. The van der Waals surface area contributed by atoms with Crippen LogP contribution in [0.15, 0.2) is 18.2 Å². The molecule has 0 saturated heterocycles. The molecule has 0 heterocycles. The summed E-state index contributed by atoms with van der Waals surface area (Å²) in [7, 11) is 1.70. The number of aliphatic carboxylic acids is 1. The first-order valence-corrected chi connectivity index (χ1v) is 7.61. The van der Waals surface area contributed by atoms with Crippen molar-refractivity contribution in [3.8, 4) is 5.75 Å². The summed E-state index contributed by atoms with van der Waals surface area (Å²) in [6.45, 7) is 0. The predicted molar refractivity (Wildman–Crippen MR) is 77.1 cm³/mol. The van der Waals surface area contributed by atoms with Crippen molar-refractivity contribution in [2.24, 2.45) is 11.8 Å². The summed E-state index contributed by atoms with van der Waals surface area (Å²) in [6, 6.07) is 6.12.